The summed E-state index contributed by atoms with van der Waals surface area (Å²) in [6.07, 6.45) is 9.67. The zero-order chi connectivity index (χ0) is 24.2. The zero-order valence-corrected chi connectivity index (χ0v) is 28.4. The first-order chi connectivity index (χ1) is 15.0. The third kappa shape index (κ3) is 15.4. The van der Waals surface area contributed by atoms with Crippen LogP contribution in [-0.2, 0) is 26.7 Å². The van der Waals surface area contributed by atoms with Gasteiger partial charge in [0.25, 0.3) is 0 Å². The maximum Gasteiger partial charge on any atom is 1.00 e. The van der Waals surface area contributed by atoms with Gasteiger partial charge in [0.2, 0.25) is 0 Å². The van der Waals surface area contributed by atoms with Crippen LogP contribution in [0.2, 0.25) is 0 Å². The van der Waals surface area contributed by atoms with E-state index in [0.29, 0.717) is 12.8 Å². The second-order valence-electron chi connectivity index (χ2n) is 7.91. The Bertz CT molecular complexity index is 854. The van der Waals surface area contributed by atoms with Gasteiger partial charge < -0.3 is 24.1 Å². The zero-order valence-electron chi connectivity index (χ0n) is 20.5. The van der Waals surface area contributed by atoms with Gasteiger partial charge in [-0.1, -0.05) is 64.7 Å². The molecule has 0 aromatic heterocycles. The maximum atomic E-state index is 11.7. The van der Waals surface area contributed by atoms with Gasteiger partial charge in [0, 0.05) is 0 Å². The Hall–Kier alpha value is 2.03. The van der Waals surface area contributed by atoms with E-state index < -0.39 is 55.1 Å². The van der Waals surface area contributed by atoms with Gasteiger partial charge in [-0.3, -0.25) is 0 Å². The van der Waals surface area contributed by atoms with E-state index in [1.807, 2.05) is 0 Å². The third-order valence-corrected chi connectivity index (χ3v) is 6.75. The van der Waals surface area contributed by atoms with Gasteiger partial charge in [0.05, 0.1) is 16.4 Å². The Morgan fingerprint density at radius 2 is 1.24 bits per heavy atom. The molecule has 34 heavy (non-hydrogen) atoms. The van der Waals surface area contributed by atoms with E-state index in [2.05, 4.69) is 6.92 Å². The molecule has 0 saturated carbocycles. The fraction of sp³-hybridized carbons (Fsp3) is 0.714. The first-order valence-electron chi connectivity index (χ1n) is 11.0. The second-order valence-corrected chi connectivity index (χ2v) is 10.6. The van der Waals surface area contributed by atoms with E-state index in [1.165, 1.54) is 32.1 Å². The van der Waals surface area contributed by atoms with Gasteiger partial charge >= 0.3 is 103 Å². The summed E-state index contributed by atoms with van der Waals surface area (Å²) in [6.45, 7) is 0.738. The quantitative estimate of drug-likeness (QED) is 0.111. The van der Waals surface area contributed by atoms with E-state index in [9.17, 15) is 31.0 Å². The molecule has 1 rings (SSSR count). The number of aliphatic hydroxyl groups is 2. The average Bonchev–Trinajstić information content (AvgIpc) is 2.71. The van der Waals surface area contributed by atoms with Gasteiger partial charge in [-0.05, 0) is 30.5 Å². The fourth-order valence-corrected chi connectivity index (χ4v) is 4.79. The van der Waals surface area contributed by atoms with Gasteiger partial charge in [0.1, 0.15) is 32.9 Å². The van der Waals surface area contributed by atoms with E-state index in [1.54, 1.807) is 0 Å². The molecule has 13 heteroatoms. The fourth-order valence-electron chi connectivity index (χ4n) is 3.34. The average molecular weight is 573 g/mol. The van der Waals surface area contributed by atoms with Crippen LogP contribution in [0.3, 0.4) is 0 Å². The minimum absolute atomic E-state index is 0. The van der Waals surface area contributed by atoms with Crippen molar-refractivity contribution in [3.05, 3.63) is 17.7 Å². The van der Waals surface area contributed by atoms with Crippen LogP contribution in [0.1, 0.15) is 76.7 Å². The molecule has 0 aliphatic rings. The van der Waals surface area contributed by atoms with Crippen molar-refractivity contribution in [2.24, 2.45) is 0 Å². The molecular weight excluding hydrogens is 539 g/mol. The summed E-state index contributed by atoms with van der Waals surface area (Å²) in [4.78, 5) is -1.94. The van der Waals surface area contributed by atoms with Crippen molar-refractivity contribution in [3.8, 4) is 5.75 Å². The summed E-state index contributed by atoms with van der Waals surface area (Å²) in [5.74, 6) is -0.922. The molecule has 1 unspecified atom stereocenters. The first kappa shape index (κ1) is 38.2. The van der Waals surface area contributed by atoms with E-state index >= 15 is 0 Å². The largest absolute Gasteiger partial charge is 1.00 e. The van der Waals surface area contributed by atoms with Crippen molar-refractivity contribution in [1.82, 2.24) is 0 Å². The number of aryl methyl sites for hydroxylation is 1. The van der Waals surface area contributed by atoms with Crippen LogP contribution in [0.15, 0.2) is 21.9 Å². The Labute approximate surface area is 289 Å². The summed E-state index contributed by atoms with van der Waals surface area (Å²) in [5, 5.41) is 18.2. The molecule has 186 valence electrons. The van der Waals surface area contributed by atoms with Crippen LogP contribution in [0.5, 0.6) is 5.75 Å². The Balaban J connectivity index is 0. The van der Waals surface area contributed by atoms with Crippen molar-refractivity contribution in [2.75, 3.05) is 13.2 Å². The molecule has 0 saturated heterocycles. The number of hydrogen-bond donors (Lipinski definition) is 2. The van der Waals surface area contributed by atoms with Crippen LogP contribution in [0.4, 0.5) is 0 Å². The predicted molar refractivity (Wildman–Crippen MR) is 117 cm³/mol. The molecule has 0 spiro atoms. The number of aliphatic hydroxyl groups excluding tert-OH is 2. The standard InChI is InChI=1S/C21H36O9S2.2K/c1-2-3-4-5-6-7-8-9-10-11-12-17-13-19(31(24,25)26)21(30-16-18(23)15-22)20(14-17)32(27,28)29;;/h13-14,18,22-23H,2-12,15-16H2,1H3,(H,24,25,26)(H,27,28,29);;/q;2*+1/p-2. The smallest absolute Gasteiger partial charge is 0.744 e. The molecule has 0 heterocycles. The predicted octanol–water partition coefficient (Wildman–Crippen LogP) is -3.30. The second kappa shape index (κ2) is 20.0. The Kier molecular flexibility index (Phi) is 22.5. The molecular formula is C21H34K2O9S2. The van der Waals surface area contributed by atoms with Crippen LogP contribution in [-0.4, -0.2) is 55.5 Å². The van der Waals surface area contributed by atoms with Crippen molar-refractivity contribution in [2.45, 2.75) is 93.4 Å². The minimum Gasteiger partial charge on any atom is -0.744 e. The van der Waals surface area contributed by atoms with Gasteiger partial charge in [-0.2, -0.15) is 0 Å². The van der Waals surface area contributed by atoms with Gasteiger partial charge in [-0.25, -0.2) is 16.8 Å². The first-order valence-corrected chi connectivity index (χ1v) is 13.8. The molecule has 0 amide bonds. The van der Waals surface area contributed by atoms with Crippen LogP contribution in [0.25, 0.3) is 0 Å². The molecule has 1 aromatic carbocycles. The summed E-state index contributed by atoms with van der Waals surface area (Å²) < 4.78 is 75.2. The Morgan fingerprint density at radius 1 is 0.824 bits per heavy atom. The normalized spacial score (nSPS) is 12.5. The Morgan fingerprint density at radius 3 is 1.62 bits per heavy atom. The van der Waals surface area contributed by atoms with Crippen molar-refractivity contribution >= 4 is 20.2 Å². The third-order valence-electron chi connectivity index (χ3n) is 5.07. The molecule has 0 aliphatic carbocycles. The number of rotatable bonds is 17. The number of benzene rings is 1. The molecule has 0 bridgehead atoms. The SMILES string of the molecule is CCCCCCCCCCCCc1cc(S(=O)(=O)[O-])c(OCC(O)CO)c(S(=O)(=O)[O-])c1.[K+].[K+]. The van der Waals surface area contributed by atoms with Crippen LogP contribution >= 0.6 is 0 Å². The summed E-state index contributed by atoms with van der Waals surface area (Å²) in [6, 6.07) is 2.01. The van der Waals surface area contributed by atoms with Gasteiger partial charge in [0.15, 0.2) is 5.75 Å². The number of hydrogen-bond acceptors (Lipinski definition) is 9. The molecule has 2 N–H and O–H groups in total. The number of ether oxygens (including phenoxy) is 1. The maximum absolute atomic E-state index is 11.7. The van der Waals surface area contributed by atoms with E-state index in [0.717, 1.165) is 37.8 Å². The molecule has 1 aromatic rings. The monoisotopic (exact) mass is 572 g/mol. The van der Waals surface area contributed by atoms with E-state index in [-0.39, 0.29) is 108 Å². The molecule has 0 fully saturated rings. The minimum atomic E-state index is -5.17. The van der Waals surface area contributed by atoms with Crippen LogP contribution < -0.4 is 108 Å². The molecule has 0 radical (unpaired) electrons. The molecule has 9 nitrogen and oxygen atoms in total. The topological polar surface area (TPSA) is 164 Å². The van der Waals surface area contributed by atoms with Gasteiger partial charge in [-0.15, -0.1) is 0 Å². The summed E-state index contributed by atoms with van der Waals surface area (Å²) >= 11 is 0. The summed E-state index contributed by atoms with van der Waals surface area (Å²) in [5.41, 5.74) is 0.225. The molecule has 1 atom stereocenters. The van der Waals surface area contributed by atoms with Crippen molar-refractivity contribution in [1.29, 1.82) is 0 Å². The number of unbranched alkanes of at least 4 members (excludes halogenated alkanes) is 9. The van der Waals surface area contributed by atoms with E-state index in [4.69, 9.17) is 9.84 Å². The van der Waals surface area contributed by atoms with Crippen molar-refractivity contribution < 1.29 is 144 Å². The summed E-state index contributed by atoms with van der Waals surface area (Å²) in [7, 11) is -10.3. The van der Waals surface area contributed by atoms with Crippen molar-refractivity contribution in [3.63, 3.8) is 0 Å². The molecule has 0 aliphatic heterocycles. The van der Waals surface area contributed by atoms with Crippen LogP contribution in [0, 0.1) is 0 Å².